The van der Waals surface area contributed by atoms with Crippen LogP contribution >= 0.6 is 23.2 Å². The van der Waals surface area contributed by atoms with E-state index in [1.165, 1.54) is 134 Å². The van der Waals surface area contributed by atoms with Crippen molar-refractivity contribution in [3.8, 4) is 28.7 Å². The molecule has 0 radical (unpaired) electrons. The SMILES string of the molecule is COC(=O)c1ccc2c(c1)N(Cc1c(Cl)ccc(O)c1F)C(=O)N(C)[C@H]2C.COC(=O)c1ccc2c(c1)N(Cc1c(Cl)ccc(OCCO)c1F)C(=O)N(C)[C@H]2C.COC(=O)c1ccc2c(c1)N(Cc1c(F)cc(OC)cc1F)C(=O)N(C)[C@H]2C.COC(=O)c1ccc2c(c1)N(Cc1c(F)cc(OCCCO)cc1F)C(=O)N(C)[C@H]2C.COC(=O)c1ccc2c(c1)N(Cc1c(F)cc(OCCO)cc1F)C(=O)N(C)[C@H]2C. The van der Waals surface area contributed by atoms with Crippen LogP contribution in [0.5, 0.6) is 28.7 Å². The van der Waals surface area contributed by atoms with E-state index in [-0.39, 0.29) is 203 Å². The van der Waals surface area contributed by atoms with E-state index >= 15 is 4.39 Å². The minimum Gasteiger partial charge on any atom is -0.505 e. The van der Waals surface area contributed by atoms with Crippen LogP contribution in [0.1, 0.15) is 179 Å². The Balaban J connectivity index is 0.000000174. The summed E-state index contributed by atoms with van der Waals surface area (Å²) in [7, 11) is 15.7. The molecule has 5 heterocycles. The van der Waals surface area contributed by atoms with E-state index in [4.69, 9.17) is 81.2 Å². The number of halogens is 10. The van der Waals surface area contributed by atoms with E-state index in [9.17, 15) is 83.8 Å². The fourth-order valence-corrected chi connectivity index (χ4v) is 16.8. The van der Waals surface area contributed by atoms with Crippen molar-refractivity contribution in [1.82, 2.24) is 24.5 Å². The summed E-state index contributed by atoms with van der Waals surface area (Å²) in [5.74, 6) is -10.2. The summed E-state index contributed by atoms with van der Waals surface area (Å²) in [4.78, 5) is 138. The molecular formula is C103H106Cl2F8N10O23. The van der Waals surface area contributed by atoms with Gasteiger partial charge in [0.15, 0.2) is 23.1 Å². The summed E-state index contributed by atoms with van der Waals surface area (Å²) in [6.07, 6.45) is 0.330. The molecule has 15 rings (SSSR count). The van der Waals surface area contributed by atoms with E-state index < -0.39 is 100 Å². The van der Waals surface area contributed by atoms with Gasteiger partial charge in [-0.2, -0.15) is 0 Å². The summed E-state index contributed by atoms with van der Waals surface area (Å²) < 4.78 is 161. The standard InChI is InChI=1S/C22H24F2N2O5.C21H22ClFN2O5.C21H22F2N2O5.C20H20F2N2O4.C19H18ClFN2O4/c1-13-16-6-5-14(21(28)30-3)9-20(16)26(22(29)25(13)2)12-17-18(23)10-15(11-19(17)24)31-8-4-7-27;1-12-14-5-4-13(20(27)29-3)10-17(14)25(21(28)24(12)2)11-15-16(22)6-7-18(19(15)23)30-9-8-26;1-12-15-5-4-13(20(27)29-3)8-19(15)25(21(28)24(12)2)11-16-17(22)9-14(10-18(16)23)30-7-6-26;1-11-14-6-5-12(19(25)28-4)7-18(14)24(20(26)23(11)2)10-15-16(21)8-13(27-3)9-17(15)22;1-10-12-5-4-11(18(25)27-3)8-15(12)23(19(26)22(10)2)9-13-14(20)6-7-16(24)17(13)21/h5-6,9-11,13,27H,4,7-8,12H2,1-3H3;4-7,10,12,26H,8-9,11H2,1-3H3;4-5,8-10,12,26H,6-7,11H2,1-3H3;5-9,11H,10H2,1-4H3;4-8,10,24H,9H2,1-3H3/t13-;2*12-;11-;10-/m00000/s1. The Kier molecular flexibility index (Phi) is 36.9. The number of fused-ring (bicyclic) bond motifs is 5. The molecule has 0 bridgehead atoms. The zero-order valence-electron chi connectivity index (χ0n) is 82.1. The summed E-state index contributed by atoms with van der Waals surface area (Å²) >= 11 is 12.3. The number of urea groups is 5. The Bertz CT molecular complexity index is 6580. The van der Waals surface area contributed by atoms with Gasteiger partial charge in [-0.25, -0.2) is 83.1 Å². The molecule has 5 atom stereocenters. The number of aromatic hydroxyl groups is 1. The van der Waals surface area contributed by atoms with Crippen molar-refractivity contribution in [1.29, 1.82) is 0 Å². The number of esters is 5. The monoisotopic (exact) mass is 2070 g/mol. The lowest BCUT2D eigenvalue weighted by atomic mass is 9.98. The van der Waals surface area contributed by atoms with Gasteiger partial charge in [-0.05, 0) is 147 Å². The van der Waals surface area contributed by atoms with Crippen molar-refractivity contribution < 1.29 is 146 Å². The highest BCUT2D eigenvalue weighted by Gasteiger charge is 2.42. The Hall–Kier alpha value is -15.2. The van der Waals surface area contributed by atoms with Crippen molar-refractivity contribution >= 4 is 112 Å². The van der Waals surface area contributed by atoms with Gasteiger partial charge in [-0.15, -0.1) is 0 Å². The van der Waals surface area contributed by atoms with E-state index in [1.54, 1.807) is 102 Å². The second-order valence-corrected chi connectivity index (χ2v) is 34.5. The van der Waals surface area contributed by atoms with Gasteiger partial charge in [0, 0.05) is 123 Å². The molecular weight excluding hydrogens is 1970 g/mol. The Labute approximate surface area is 844 Å². The third-order valence-corrected chi connectivity index (χ3v) is 26.0. The number of ether oxygens (including phenoxy) is 9. The fourth-order valence-electron chi connectivity index (χ4n) is 16.4. The summed E-state index contributed by atoms with van der Waals surface area (Å²) in [6.45, 7) is 7.00. The molecule has 43 heteroatoms. The van der Waals surface area contributed by atoms with Crippen molar-refractivity contribution in [2.45, 2.75) is 104 Å². The molecule has 4 N–H and O–H groups in total. The topological polar surface area (TPSA) is 367 Å². The van der Waals surface area contributed by atoms with Gasteiger partial charge in [-0.3, -0.25) is 24.5 Å². The summed E-state index contributed by atoms with van der Waals surface area (Å²) in [5.41, 5.74) is 6.33. The molecule has 0 aromatic heterocycles. The quantitative estimate of drug-likeness (QED) is 0.0169. The van der Waals surface area contributed by atoms with Gasteiger partial charge in [0.05, 0.1) is 182 Å². The molecule has 776 valence electrons. The molecule has 146 heavy (non-hydrogen) atoms. The summed E-state index contributed by atoms with van der Waals surface area (Å²) in [6, 6.07) is 32.3. The number of aliphatic hydroxyl groups excluding tert-OH is 3. The van der Waals surface area contributed by atoms with Crippen LogP contribution in [0.4, 0.5) is 87.5 Å². The van der Waals surface area contributed by atoms with Crippen molar-refractivity contribution in [3.63, 3.8) is 0 Å². The number of aliphatic hydroxyl groups is 3. The predicted molar refractivity (Wildman–Crippen MR) is 520 cm³/mol. The molecule has 0 aliphatic carbocycles. The molecule has 10 aromatic rings. The van der Waals surface area contributed by atoms with E-state index in [0.29, 0.717) is 34.9 Å². The normalized spacial score (nSPS) is 15.9. The molecule has 0 saturated heterocycles. The van der Waals surface area contributed by atoms with Crippen LogP contribution < -0.4 is 43.4 Å². The first-order chi connectivity index (χ1) is 69.4. The lowest BCUT2D eigenvalue weighted by molar-refractivity contribution is 0.0592. The molecule has 10 aromatic carbocycles. The zero-order valence-corrected chi connectivity index (χ0v) is 83.6. The molecule has 0 fully saturated rings. The molecule has 5 aliphatic rings. The highest BCUT2D eigenvalue weighted by Crippen LogP contribution is 2.46. The molecule has 0 saturated carbocycles. The number of phenols is 1. The van der Waals surface area contributed by atoms with Gasteiger partial charge in [-0.1, -0.05) is 53.5 Å². The smallest absolute Gasteiger partial charge is 0.337 e. The number of nitrogens with zero attached hydrogens (tertiary/aromatic N) is 10. The predicted octanol–water partition coefficient (Wildman–Crippen LogP) is 18.7. The first-order valence-corrected chi connectivity index (χ1v) is 45.8. The van der Waals surface area contributed by atoms with Crippen LogP contribution in [0.3, 0.4) is 0 Å². The zero-order chi connectivity index (χ0) is 107. The minimum absolute atomic E-state index is 0.00344. The lowest BCUT2D eigenvalue weighted by Gasteiger charge is -2.39. The van der Waals surface area contributed by atoms with Crippen LogP contribution in [0.2, 0.25) is 10.0 Å². The van der Waals surface area contributed by atoms with Gasteiger partial charge in [0.2, 0.25) is 0 Å². The second kappa shape index (κ2) is 48.5. The van der Waals surface area contributed by atoms with Crippen molar-refractivity contribution in [2.75, 3.05) is 142 Å². The number of carbonyl (C=O) groups excluding carboxylic acids is 10. The Morgan fingerprint density at radius 1 is 0.308 bits per heavy atom. The number of benzene rings is 10. The third kappa shape index (κ3) is 23.9. The Morgan fingerprint density at radius 2 is 0.548 bits per heavy atom. The number of hydrogen-bond donors (Lipinski definition) is 4. The minimum atomic E-state index is -0.887. The Morgan fingerprint density at radius 3 is 0.801 bits per heavy atom. The van der Waals surface area contributed by atoms with Crippen LogP contribution in [0.25, 0.3) is 0 Å². The van der Waals surface area contributed by atoms with Gasteiger partial charge >= 0.3 is 60.0 Å². The number of anilines is 5. The average molecular weight is 2070 g/mol. The average Bonchev–Trinajstić information content (AvgIpc) is 0.777. The number of amides is 10. The first-order valence-electron chi connectivity index (χ1n) is 45.0. The molecule has 0 unspecified atom stereocenters. The third-order valence-electron chi connectivity index (χ3n) is 25.3. The van der Waals surface area contributed by atoms with Crippen molar-refractivity contribution in [2.24, 2.45) is 0 Å². The maximum absolute atomic E-state index is 15.0. The second-order valence-electron chi connectivity index (χ2n) is 33.7. The van der Waals surface area contributed by atoms with E-state index in [2.05, 4.69) is 0 Å². The number of carbonyl (C=O) groups is 10. The summed E-state index contributed by atoms with van der Waals surface area (Å²) in [5, 5.41) is 36.4. The fraction of sp³-hybridized carbons (Fsp3) is 0.320. The molecule has 10 amide bonds. The highest BCUT2D eigenvalue weighted by molar-refractivity contribution is 6.32. The number of hydrogen-bond acceptors (Lipinski definition) is 23. The number of rotatable bonds is 26. The van der Waals surface area contributed by atoms with Crippen LogP contribution in [0, 0.1) is 46.5 Å². The van der Waals surface area contributed by atoms with Crippen molar-refractivity contribution in [3.05, 3.63) is 292 Å². The highest BCUT2D eigenvalue weighted by atomic mass is 35.5. The van der Waals surface area contributed by atoms with Gasteiger partial charge < -0.3 is 87.6 Å². The first kappa shape index (κ1) is 111. The van der Waals surface area contributed by atoms with Crippen LogP contribution in [-0.2, 0) is 56.4 Å². The lowest BCUT2D eigenvalue weighted by Crippen LogP contribution is -2.46. The number of methoxy groups -OCH3 is 6. The van der Waals surface area contributed by atoms with E-state index in [1.807, 2.05) is 34.6 Å². The molecule has 5 aliphatic heterocycles. The van der Waals surface area contributed by atoms with Crippen LogP contribution in [0.15, 0.2) is 152 Å². The number of phenolic OH excluding ortho intramolecular Hbond substituents is 1. The van der Waals surface area contributed by atoms with Crippen LogP contribution in [-0.4, -0.2) is 222 Å². The molecule has 33 nitrogen and oxygen atoms in total. The van der Waals surface area contributed by atoms with E-state index in [0.717, 1.165) is 70.3 Å². The van der Waals surface area contributed by atoms with Gasteiger partial charge in [0.25, 0.3) is 0 Å². The maximum atomic E-state index is 15.0. The largest absolute Gasteiger partial charge is 0.505 e. The maximum Gasteiger partial charge on any atom is 0.337 e. The molecule has 0 spiro atoms. The van der Waals surface area contributed by atoms with Gasteiger partial charge in [0.1, 0.15) is 65.4 Å².